The molecule has 4 aromatic rings. The lowest BCUT2D eigenvalue weighted by molar-refractivity contribution is -0.154. The SMILES string of the molecule is Cc1ccccc1NC(=O)Nc1ccc(CC(=O)N2CCOC[C@H]2C(=O)N2CCC(CC(=O)O)CC2)cc1.Cc1ccccc1NC(=O)Nc1ccc(CC(=O)N2CCOC[C@H]2C(=O)N2CCC(CC(=O)O)CC2)cc1. The molecule has 4 aliphatic rings. The molecule has 6 N–H and O–H groups in total. The lowest BCUT2D eigenvalue weighted by atomic mass is 9.93. The first kappa shape index (κ1) is 55.9. The van der Waals surface area contributed by atoms with Gasteiger partial charge in [-0.25, -0.2) is 9.59 Å². The number of anilines is 4. The van der Waals surface area contributed by atoms with Gasteiger partial charge in [0, 0.05) is 74.9 Å². The Bertz CT molecular complexity index is 2500. The Morgan fingerprint density at radius 2 is 0.842 bits per heavy atom. The van der Waals surface area contributed by atoms with Gasteiger partial charge in [0.15, 0.2) is 0 Å². The van der Waals surface area contributed by atoms with E-state index in [1.807, 2.05) is 62.4 Å². The molecule has 8 amide bonds. The van der Waals surface area contributed by atoms with Crippen molar-refractivity contribution in [3.63, 3.8) is 0 Å². The van der Waals surface area contributed by atoms with Crippen molar-refractivity contribution >= 4 is 70.4 Å². The fourth-order valence-corrected chi connectivity index (χ4v) is 9.80. The molecule has 0 aromatic heterocycles. The van der Waals surface area contributed by atoms with E-state index in [0.717, 1.165) is 33.6 Å². The van der Waals surface area contributed by atoms with E-state index >= 15 is 0 Å². The van der Waals surface area contributed by atoms with E-state index in [4.69, 9.17) is 19.7 Å². The summed E-state index contributed by atoms with van der Waals surface area (Å²) < 4.78 is 11.1. The first-order valence-corrected chi connectivity index (χ1v) is 25.8. The highest BCUT2D eigenvalue weighted by atomic mass is 16.5. The zero-order valence-electron chi connectivity index (χ0n) is 43.0. The molecule has 0 radical (unpaired) electrons. The molecule has 0 spiro atoms. The van der Waals surface area contributed by atoms with Crippen molar-refractivity contribution in [3.8, 4) is 0 Å². The first-order chi connectivity index (χ1) is 36.6. The topological polar surface area (TPSA) is 257 Å². The lowest BCUT2D eigenvalue weighted by Crippen LogP contribution is -2.58. The molecule has 4 aromatic carbocycles. The Kier molecular flexibility index (Phi) is 19.9. The number of rotatable bonds is 14. The number of nitrogens with zero attached hydrogens (tertiary/aromatic N) is 4. The van der Waals surface area contributed by atoms with Crippen molar-refractivity contribution in [2.24, 2.45) is 11.8 Å². The molecule has 4 fully saturated rings. The van der Waals surface area contributed by atoms with Gasteiger partial charge in [0.1, 0.15) is 12.1 Å². The zero-order valence-corrected chi connectivity index (χ0v) is 43.0. The number of carboxylic acid groups (broad SMARTS) is 2. The Morgan fingerprint density at radius 1 is 0.487 bits per heavy atom. The summed E-state index contributed by atoms with van der Waals surface area (Å²) in [6, 6.07) is 27.0. The van der Waals surface area contributed by atoms with E-state index in [1.165, 1.54) is 0 Å². The fraction of sp³-hybridized carbons (Fsp3) is 0.429. The number of carbonyl (C=O) groups excluding carboxylic acids is 6. The van der Waals surface area contributed by atoms with E-state index in [9.17, 15) is 38.4 Å². The van der Waals surface area contributed by atoms with Crippen LogP contribution in [0.2, 0.25) is 0 Å². The largest absolute Gasteiger partial charge is 0.481 e. The van der Waals surface area contributed by atoms with Gasteiger partial charge < -0.3 is 60.6 Å². The Balaban J connectivity index is 0.000000221. The van der Waals surface area contributed by atoms with Crippen LogP contribution in [0.5, 0.6) is 0 Å². The Hall–Kier alpha value is -7.84. The van der Waals surface area contributed by atoms with Gasteiger partial charge in [0.05, 0.1) is 39.3 Å². The molecule has 20 heteroatoms. The number of aliphatic carboxylic acids is 2. The number of hydrogen-bond acceptors (Lipinski definition) is 10. The smallest absolute Gasteiger partial charge is 0.323 e. The van der Waals surface area contributed by atoms with Crippen LogP contribution in [0.4, 0.5) is 32.3 Å². The molecule has 8 rings (SSSR count). The van der Waals surface area contributed by atoms with Gasteiger partial charge in [-0.2, -0.15) is 0 Å². The molecule has 0 unspecified atom stereocenters. The van der Waals surface area contributed by atoms with Crippen LogP contribution in [0.1, 0.15) is 60.8 Å². The fourth-order valence-electron chi connectivity index (χ4n) is 9.80. The standard InChI is InChI=1S/2C28H34N4O6/c2*1-19-4-2-3-5-23(19)30-28(37)29-22-8-6-20(7-9-22)16-25(33)32-14-15-38-18-24(32)27(36)31-12-10-21(11-13-31)17-26(34)35/h2*2-9,21,24H,10-18H2,1H3,(H,34,35)(H2,29,30,37)/t2*24-/m00/s1. The summed E-state index contributed by atoms with van der Waals surface area (Å²) in [6.07, 6.45) is 3.05. The molecule has 404 valence electrons. The van der Waals surface area contributed by atoms with Crippen molar-refractivity contribution in [2.45, 2.75) is 77.3 Å². The number of piperidine rings is 2. The van der Waals surface area contributed by atoms with Crippen LogP contribution in [-0.2, 0) is 51.1 Å². The average Bonchev–Trinajstić information content (AvgIpc) is 3.41. The summed E-state index contributed by atoms with van der Waals surface area (Å²) in [5.74, 6) is -2.11. The number of likely N-dealkylation sites (tertiary alicyclic amines) is 2. The molecule has 4 aliphatic heterocycles. The van der Waals surface area contributed by atoms with Crippen LogP contribution in [0.25, 0.3) is 0 Å². The zero-order chi connectivity index (χ0) is 54.1. The number of ether oxygens (including phenoxy) is 2. The predicted molar refractivity (Wildman–Crippen MR) is 284 cm³/mol. The van der Waals surface area contributed by atoms with Crippen LogP contribution in [-0.4, -0.2) is 155 Å². The van der Waals surface area contributed by atoms with Crippen molar-refractivity contribution in [1.29, 1.82) is 0 Å². The second-order valence-corrected chi connectivity index (χ2v) is 19.6. The van der Waals surface area contributed by atoms with E-state index < -0.39 is 24.0 Å². The summed E-state index contributed by atoms with van der Waals surface area (Å²) in [6.45, 7) is 7.50. The van der Waals surface area contributed by atoms with Gasteiger partial charge in [-0.15, -0.1) is 0 Å². The number of benzene rings is 4. The number of amides is 8. The number of hydrogen-bond donors (Lipinski definition) is 6. The van der Waals surface area contributed by atoms with Gasteiger partial charge in [-0.1, -0.05) is 60.7 Å². The second kappa shape index (κ2) is 27.1. The number of carboxylic acids is 2. The summed E-state index contributed by atoms with van der Waals surface area (Å²) in [7, 11) is 0. The molecular formula is C56H68N8O12. The van der Waals surface area contributed by atoms with Crippen LogP contribution >= 0.6 is 0 Å². The number of para-hydroxylation sites is 2. The number of aryl methyl sites for hydroxylation is 2. The molecule has 4 heterocycles. The summed E-state index contributed by atoms with van der Waals surface area (Å²) in [4.78, 5) is 106. The predicted octanol–water partition coefficient (Wildman–Crippen LogP) is 6.24. The minimum Gasteiger partial charge on any atom is -0.481 e. The number of nitrogens with one attached hydrogen (secondary N) is 4. The maximum Gasteiger partial charge on any atom is 0.323 e. The van der Waals surface area contributed by atoms with Gasteiger partial charge in [-0.05, 0) is 110 Å². The Labute approximate surface area is 442 Å². The maximum atomic E-state index is 13.2. The van der Waals surface area contributed by atoms with E-state index in [0.29, 0.717) is 89.5 Å². The normalized spacial score (nSPS) is 18.1. The summed E-state index contributed by atoms with van der Waals surface area (Å²) >= 11 is 0. The number of morpholine rings is 2. The van der Waals surface area contributed by atoms with E-state index in [2.05, 4.69) is 21.3 Å². The molecular weight excluding hydrogens is 977 g/mol. The number of carbonyl (C=O) groups is 8. The van der Waals surface area contributed by atoms with Crippen LogP contribution < -0.4 is 21.3 Å². The highest BCUT2D eigenvalue weighted by Gasteiger charge is 2.38. The first-order valence-electron chi connectivity index (χ1n) is 25.8. The maximum absolute atomic E-state index is 13.2. The van der Waals surface area contributed by atoms with Gasteiger partial charge in [0.2, 0.25) is 23.6 Å². The van der Waals surface area contributed by atoms with Crippen molar-refractivity contribution in [1.82, 2.24) is 19.6 Å². The highest BCUT2D eigenvalue weighted by Crippen LogP contribution is 2.25. The molecule has 76 heavy (non-hydrogen) atoms. The third-order valence-electron chi connectivity index (χ3n) is 14.2. The number of urea groups is 2. The van der Waals surface area contributed by atoms with E-state index in [1.54, 1.807) is 68.1 Å². The van der Waals surface area contributed by atoms with E-state index in [-0.39, 0.29) is 86.4 Å². The van der Waals surface area contributed by atoms with Gasteiger partial charge >= 0.3 is 24.0 Å². The molecule has 0 saturated carbocycles. The van der Waals surface area contributed by atoms with Gasteiger partial charge in [-0.3, -0.25) is 28.8 Å². The third-order valence-corrected chi connectivity index (χ3v) is 14.2. The minimum absolute atomic E-state index is 0.0721. The molecule has 4 saturated heterocycles. The summed E-state index contributed by atoms with van der Waals surface area (Å²) in [5, 5.41) is 29.2. The quantitative estimate of drug-likeness (QED) is 0.0820. The second-order valence-electron chi connectivity index (χ2n) is 19.6. The monoisotopic (exact) mass is 1040 g/mol. The van der Waals surface area contributed by atoms with Crippen LogP contribution in [0.3, 0.4) is 0 Å². The molecule has 0 aliphatic carbocycles. The van der Waals surface area contributed by atoms with Gasteiger partial charge in [0.25, 0.3) is 0 Å². The van der Waals surface area contributed by atoms with Crippen molar-refractivity contribution < 1.29 is 58.0 Å². The van der Waals surface area contributed by atoms with Crippen molar-refractivity contribution in [3.05, 3.63) is 119 Å². The minimum atomic E-state index is -0.818. The van der Waals surface area contributed by atoms with Crippen molar-refractivity contribution in [2.75, 3.05) is 87.0 Å². The Morgan fingerprint density at radius 3 is 1.18 bits per heavy atom. The molecule has 2 atom stereocenters. The summed E-state index contributed by atoms with van der Waals surface area (Å²) in [5.41, 5.74) is 6.10. The third kappa shape index (κ3) is 16.1. The average molecular weight is 1050 g/mol. The molecule has 20 nitrogen and oxygen atoms in total. The lowest BCUT2D eigenvalue weighted by Gasteiger charge is -2.39. The van der Waals surface area contributed by atoms with Crippen LogP contribution in [0, 0.1) is 25.7 Å². The van der Waals surface area contributed by atoms with Crippen LogP contribution in [0.15, 0.2) is 97.1 Å². The highest BCUT2D eigenvalue weighted by molar-refractivity contribution is 6.01. The molecule has 0 bridgehead atoms.